The molecule has 0 fully saturated rings. The van der Waals surface area contributed by atoms with Crippen molar-refractivity contribution in [1.29, 1.82) is 0 Å². The minimum atomic E-state index is -2.33. The van der Waals surface area contributed by atoms with Gasteiger partial charge < -0.3 is 26.5 Å². The van der Waals surface area contributed by atoms with Crippen molar-refractivity contribution in [2.45, 2.75) is 271 Å². The summed E-state index contributed by atoms with van der Waals surface area (Å²) in [7, 11) is 0. The Labute approximate surface area is 303 Å². The van der Waals surface area contributed by atoms with Gasteiger partial charge in [-0.15, -0.1) is 0 Å². The molecule has 0 amide bonds. The van der Waals surface area contributed by atoms with E-state index in [4.69, 9.17) is 15.0 Å². The number of carbonyl (C=O) groups excluding carboxylic acids is 1. The molecule has 0 rings (SSSR count). The Kier molecular flexibility index (Phi) is 51.9. The Morgan fingerprint density at radius 1 is 0.333 bits per heavy atom. The molecule has 5 nitrogen and oxygen atoms in total. The number of hydrogen-bond acceptors (Lipinski definition) is 3. The number of hydrogen-bond donors (Lipinski definition) is 2. The lowest BCUT2D eigenvalue weighted by atomic mass is 10.0. The van der Waals surface area contributed by atoms with Crippen molar-refractivity contribution < 1.29 is 26.5 Å². The molecule has 0 aromatic carbocycles. The van der Waals surface area contributed by atoms with Crippen LogP contribution < -0.4 is 21.7 Å². The summed E-state index contributed by atoms with van der Waals surface area (Å²) in [6.45, 7) is 9.17. The Balaban J connectivity index is -0.000000758. The van der Waals surface area contributed by atoms with E-state index in [0.717, 1.165) is 12.1 Å². The van der Waals surface area contributed by atoms with E-state index in [9.17, 15) is 0 Å². The van der Waals surface area contributed by atoms with Gasteiger partial charge in [-0.1, -0.05) is 207 Å². The maximum atomic E-state index is 8.33. The zero-order chi connectivity index (χ0) is 36.2. The van der Waals surface area contributed by atoms with Crippen molar-refractivity contribution in [2.24, 2.45) is 0 Å². The molecule has 0 bridgehead atoms. The van der Waals surface area contributed by atoms with Crippen molar-refractivity contribution >= 4 is 6.16 Å². The zero-order valence-electron chi connectivity index (χ0n) is 33.7. The van der Waals surface area contributed by atoms with Crippen LogP contribution in [0.2, 0.25) is 0 Å². The lowest BCUT2D eigenvalue weighted by molar-refractivity contribution is -0.423. The molecule has 0 spiro atoms. The molecule has 292 valence electrons. The molecule has 0 aromatic heterocycles. The average Bonchev–Trinajstić information content (AvgIpc) is 3.06. The van der Waals surface area contributed by atoms with Gasteiger partial charge in [-0.2, -0.15) is 0 Å². The predicted octanol–water partition coefficient (Wildman–Crippen LogP) is 10.9. The van der Waals surface area contributed by atoms with Crippen LogP contribution >= 0.6 is 0 Å². The van der Waals surface area contributed by atoms with Crippen molar-refractivity contribution in [2.75, 3.05) is 0 Å². The molecule has 0 aliphatic rings. The molecule has 0 radical (unpaired) electrons. The number of unbranched alkanes of at least 4 members (excludes halogenated alkanes) is 28. The highest BCUT2D eigenvalue weighted by Gasteiger charge is 2.06. The van der Waals surface area contributed by atoms with Gasteiger partial charge in [0.2, 0.25) is 0 Å². The van der Waals surface area contributed by atoms with Gasteiger partial charge in [0.1, 0.15) is 0 Å². The molecular formula is C43H92N2O3. The fraction of sp³-hybridized carbons (Fsp3) is 0.977. The Bertz CT molecular complexity index is 474. The average molecular weight is 685 g/mol. The SMILES string of the molecule is CCCCCCCCCCC([NH3+])CCCCCCCCCC.CCCCCCCCCCC([NH3+])CCCCCCCCCC.O=C([O-])[O-]. The van der Waals surface area contributed by atoms with Crippen molar-refractivity contribution in [3.05, 3.63) is 0 Å². The molecular weight excluding hydrogens is 592 g/mol. The number of carboxylic acid groups (broad SMARTS) is 2. The van der Waals surface area contributed by atoms with Crippen molar-refractivity contribution in [3.63, 3.8) is 0 Å². The minimum absolute atomic E-state index is 0.722. The second-order valence-corrected chi connectivity index (χ2v) is 15.0. The summed E-state index contributed by atoms with van der Waals surface area (Å²) >= 11 is 0. The topological polar surface area (TPSA) is 118 Å². The van der Waals surface area contributed by atoms with Crippen LogP contribution in [-0.2, 0) is 0 Å². The highest BCUT2D eigenvalue weighted by Crippen LogP contribution is 2.15. The maximum absolute atomic E-state index is 8.33. The molecule has 5 heteroatoms. The summed E-state index contributed by atoms with van der Waals surface area (Å²) < 4.78 is 0. The van der Waals surface area contributed by atoms with Crippen LogP contribution in [0.1, 0.15) is 259 Å². The van der Waals surface area contributed by atoms with Crippen LogP contribution in [-0.4, -0.2) is 18.2 Å². The first-order valence-corrected chi connectivity index (χ1v) is 21.9. The summed E-state index contributed by atoms with van der Waals surface area (Å²) in [6, 6.07) is 1.44. The summed E-state index contributed by atoms with van der Waals surface area (Å²) in [5, 5.41) is 16.7. The summed E-state index contributed by atoms with van der Waals surface area (Å²) in [6.07, 6.45) is 49.0. The van der Waals surface area contributed by atoms with Crippen LogP contribution in [0.25, 0.3) is 0 Å². The third kappa shape index (κ3) is 57.5. The fourth-order valence-electron chi connectivity index (χ4n) is 6.56. The first kappa shape index (κ1) is 51.6. The quantitative estimate of drug-likeness (QED) is 0.0639. The number of quaternary nitrogens is 2. The first-order valence-electron chi connectivity index (χ1n) is 21.9. The highest BCUT2D eigenvalue weighted by molar-refractivity contribution is 5.47. The van der Waals surface area contributed by atoms with Gasteiger partial charge in [-0.05, 0) is 57.5 Å². The molecule has 0 saturated heterocycles. The van der Waals surface area contributed by atoms with E-state index in [2.05, 4.69) is 39.2 Å². The van der Waals surface area contributed by atoms with Crippen LogP contribution in [0.4, 0.5) is 4.79 Å². The van der Waals surface area contributed by atoms with Gasteiger partial charge in [0, 0.05) is 0 Å². The molecule has 0 saturated carbocycles. The lowest BCUT2D eigenvalue weighted by Gasteiger charge is -2.08. The minimum Gasteiger partial charge on any atom is -0.652 e. The Morgan fingerprint density at radius 2 is 0.458 bits per heavy atom. The largest absolute Gasteiger partial charge is 0.652 e. The Morgan fingerprint density at radius 3 is 0.604 bits per heavy atom. The molecule has 0 aromatic rings. The molecule has 48 heavy (non-hydrogen) atoms. The highest BCUT2D eigenvalue weighted by atomic mass is 16.6. The standard InChI is InChI=1S/2C21H45N.CH2O3/c2*1-3-5-7-9-11-13-15-17-19-21(22)20-18-16-14-12-10-8-6-4-2;2-1(3)4/h2*21H,3-20,22H2,1-2H3;(H2,2,3,4). The van der Waals surface area contributed by atoms with E-state index in [1.807, 2.05) is 0 Å². The smallest absolute Gasteiger partial charge is 0.0843 e. The van der Waals surface area contributed by atoms with Gasteiger partial charge in [0.25, 0.3) is 0 Å². The third-order valence-electron chi connectivity index (χ3n) is 9.86. The molecule has 0 atom stereocenters. The van der Waals surface area contributed by atoms with E-state index in [1.165, 1.54) is 231 Å². The van der Waals surface area contributed by atoms with Gasteiger partial charge in [-0.25, -0.2) is 0 Å². The second kappa shape index (κ2) is 48.3. The van der Waals surface area contributed by atoms with Crippen LogP contribution in [0.15, 0.2) is 0 Å². The molecule has 0 unspecified atom stereocenters. The first-order chi connectivity index (χ1) is 23.3. The molecule has 6 N–H and O–H groups in total. The monoisotopic (exact) mass is 685 g/mol. The van der Waals surface area contributed by atoms with E-state index in [-0.39, 0.29) is 0 Å². The summed E-state index contributed by atoms with van der Waals surface area (Å²) in [5.41, 5.74) is 8.71. The van der Waals surface area contributed by atoms with Gasteiger partial charge in [0.15, 0.2) is 0 Å². The molecule has 0 aliphatic heterocycles. The van der Waals surface area contributed by atoms with Gasteiger partial charge in [0.05, 0.1) is 12.1 Å². The zero-order valence-corrected chi connectivity index (χ0v) is 33.7. The third-order valence-corrected chi connectivity index (χ3v) is 9.86. The van der Waals surface area contributed by atoms with E-state index < -0.39 is 6.16 Å². The summed E-state index contributed by atoms with van der Waals surface area (Å²) in [4.78, 5) is 8.33. The van der Waals surface area contributed by atoms with Gasteiger partial charge in [-0.3, -0.25) is 0 Å². The van der Waals surface area contributed by atoms with Crippen LogP contribution in [0.3, 0.4) is 0 Å². The fourth-order valence-corrected chi connectivity index (χ4v) is 6.56. The number of rotatable bonds is 36. The van der Waals surface area contributed by atoms with Crippen molar-refractivity contribution in [3.8, 4) is 0 Å². The normalized spacial score (nSPS) is 11.0. The van der Waals surface area contributed by atoms with E-state index >= 15 is 0 Å². The maximum Gasteiger partial charge on any atom is 0.0843 e. The summed E-state index contributed by atoms with van der Waals surface area (Å²) in [5.74, 6) is 0. The predicted molar refractivity (Wildman–Crippen MR) is 208 cm³/mol. The van der Waals surface area contributed by atoms with Crippen LogP contribution in [0, 0.1) is 0 Å². The molecule has 0 heterocycles. The Hall–Kier alpha value is -0.810. The second-order valence-electron chi connectivity index (χ2n) is 15.0. The van der Waals surface area contributed by atoms with Crippen LogP contribution in [0.5, 0.6) is 0 Å². The van der Waals surface area contributed by atoms with Crippen molar-refractivity contribution in [1.82, 2.24) is 0 Å². The molecule has 0 aliphatic carbocycles. The van der Waals surface area contributed by atoms with Gasteiger partial charge >= 0.3 is 0 Å². The van der Waals surface area contributed by atoms with E-state index in [0.29, 0.717) is 0 Å². The van der Waals surface area contributed by atoms with E-state index in [1.54, 1.807) is 0 Å². The number of carbonyl (C=O) groups is 1. The lowest BCUT2D eigenvalue weighted by Crippen LogP contribution is -2.60.